The van der Waals surface area contributed by atoms with Gasteiger partial charge in [0.2, 0.25) is 0 Å². The zero-order chi connectivity index (χ0) is 9.72. The van der Waals surface area contributed by atoms with Crippen molar-refractivity contribution in [2.24, 2.45) is 11.8 Å². The van der Waals surface area contributed by atoms with Gasteiger partial charge in [0.1, 0.15) is 0 Å². The van der Waals surface area contributed by atoms with Gasteiger partial charge in [-0.25, -0.2) is 0 Å². The lowest BCUT2D eigenvalue weighted by Gasteiger charge is -2.26. The minimum Gasteiger partial charge on any atom is -0.396 e. The Bertz CT molecular complexity index is 104. The van der Waals surface area contributed by atoms with Crippen molar-refractivity contribution in [1.82, 2.24) is 0 Å². The molecule has 4 heteroatoms. The molecule has 0 heterocycles. The van der Waals surface area contributed by atoms with E-state index in [9.17, 15) is 5.11 Å². The molecule has 4 nitrogen and oxygen atoms in total. The maximum Gasteiger partial charge on any atom is 0.0821 e. The largest absolute Gasteiger partial charge is 0.396 e. The van der Waals surface area contributed by atoms with Gasteiger partial charge in [-0.1, -0.05) is 13.8 Å². The van der Waals surface area contributed by atoms with Crippen molar-refractivity contribution in [3.63, 3.8) is 0 Å². The number of rotatable bonds is 5. The van der Waals surface area contributed by atoms with E-state index in [4.69, 9.17) is 15.3 Å². The van der Waals surface area contributed by atoms with Gasteiger partial charge in [0, 0.05) is 18.4 Å². The van der Waals surface area contributed by atoms with Gasteiger partial charge < -0.3 is 20.4 Å². The highest BCUT2D eigenvalue weighted by molar-refractivity contribution is 4.75. The molecule has 74 valence electrons. The first-order valence-electron chi connectivity index (χ1n) is 4.12. The van der Waals surface area contributed by atoms with Crippen LogP contribution in [-0.4, -0.2) is 45.8 Å². The summed E-state index contributed by atoms with van der Waals surface area (Å²) in [7, 11) is 0. The van der Waals surface area contributed by atoms with Crippen LogP contribution in [0.25, 0.3) is 0 Å². The second-order valence-electron chi connectivity index (χ2n) is 3.26. The van der Waals surface area contributed by atoms with E-state index in [1.165, 1.54) is 0 Å². The molecular weight excluding hydrogens is 160 g/mol. The van der Waals surface area contributed by atoms with Crippen LogP contribution < -0.4 is 0 Å². The first kappa shape index (κ1) is 11.8. The molecular formula is C8H18O4. The van der Waals surface area contributed by atoms with Crippen molar-refractivity contribution in [2.45, 2.75) is 26.1 Å². The summed E-state index contributed by atoms with van der Waals surface area (Å²) in [4.78, 5) is 0. The predicted molar refractivity (Wildman–Crippen MR) is 44.5 cm³/mol. The van der Waals surface area contributed by atoms with Crippen LogP contribution in [0.15, 0.2) is 0 Å². The molecule has 0 aromatic rings. The van der Waals surface area contributed by atoms with Crippen LogP contribution in [-0.2, 0) is 0 Å². The molecule has 0 fully saturated rings. The van der Waals surface area contributed by atoms with E-state index in [1.807, 2.05) is 0 Å². The van der Waals surface area contributed by atoms with Crippen LogP contribution in [0.2, 0.25) is 0 Å². The lowest BCUT2D eigenvalue weighted by Crippen LogP contribution is -2.37. The number of aliphatic hydroxyl groups is 4. The summed E-state index contributed by atoms with van der Waals surface area (Å²) in [6.07, 6.45) is -1.70. The van der Waals surface area contributed by atoms with Crippen molar-refractivity contribution in [2.75, 3.05) is 13.2 Å². The Morgan fingerprint density at radius 3 is 1.83 bits per heavy atom. The van der Waals surface area contributed by atoms with Gasteiger partial charge in [-0.05, 0) is 0 Å². The fourth-order valence-corrected chi connectivity index (χ4v) is 1.02. The zero-order valence-electron chi connectivity index (χ0n) is 7.51. The Hall–Kier alpha value is -0.160. The van der Waals surface area contributed by atoms with Gasteiger partial charge in [0.05, 0.1) is 18.8 Å². The van der Waals surface area contributed by atoms with E-state index in [1.54, 1.807) is 13.8 Å². The SMILES string of the molecule is C[C@@H]([C@H](O)[C@H](C)CO)[C@H](O)CO. The molecule has 0 aromatic heterocycles. The molecule has 0 aliphatic carbocycles. The third kappa shape index (κ3) is 3.06. The molecule has 0 saturated heterocycles. The summed E-state index contributed by atoms with van der Waals surface area (Å²) < 4.78 is 0. The van der Waals surface area contributed by atoms with Crippen LogP contribution in [0, 0.1) is 11.8 Å². The van der Waals surface area contributed by atoms with Crippen molar-refractivity contribution in [3.05, 3.63) is 0 Å². The molecule has 4 N–H and O–H groups in total. The lowest BCUT2D eigenvalue weighted by atomic mass is 9.90. The van der Waals surface area contributed by atoms with Crippen molar-refractivity contribution in [1.29, 1.82) is 0 Å². The van der Waals surface area contributed by atoms with E-state index in [0.717, 1.165) is 0 Å². The molecule has 0 spiro atoms. The van der Waals surface area contributed by atoms with E-state index in [-0.39, 0.29) is 19.1 Å². The fraction of sp³-hybridized carbons (Fsp3) is 1.00. The van der Waals surface area contributed by atoms with Crippen LogP contribution >= 0.6 is 0 Å². The summed E-state index contributed by atoms with van der Waals surface area (Å²) in [6, 6.07) is 0. The lowest BCUT2D eigenvalue weighted by molar-refractivity contribution is -0.0378. The van der Waals surface area contributed by atoms with Crippen molar-refractivity contribution < 1.29 is 20.4 Å². The molecule has 0 aliphatic rings. The first-order chi connectivity index (χ1) is 5.54. The van der Waals surface area contributed by atoms with Gasteiger partial charge in [0.15, 0.2) is 0 Å². The molecule has 0 rings (SSSR count). The van der Waals surface area contributed by atoms with E-state index in [0.29, 0.717) is 0 Å². The van der Waals surface area contributed by atoms with Gasteiger partial charge in [-0.2, -0.15) is 0 Å². The standard InChI is InChI=1S/C8H18O4/c1-5(3-9)8(12)6(2)7(11)4-10/h5-12H,3-4H2,1-2H3/t5-,6-,7-,8-/m1/s1. The summed E-state index contributed by atoms with van der Waals surface area (Å²) in [6.45, 7) is 2.84. The van der Waals surface area contributed by atoms with E-state index >= 15 is 0 Å². The molecule has 4 atom stereocenters. The Balaban J connectivity index is 3.99. The summed E-state index contributed by atoms with van der Waals surface area (Å²) in [5, 5.41) is 35.9. The van der Waals surface area contributed by atoms with E-state index < -0.39 is 18.1 Å². The summed E-state index contributed by atoms with van der Waals surface area (Å²) in [5.74, 6) is -0.696. The Morgan fingerprint density at radius 2 is 1.50 bits per heavy atom. The molecule has 0 aliphatic heterocycles. The van der Waals surface area contributed by atoms with Gasteiger partial charge in [-0.3, -0.25) is 0 Å². The number of hydrogen-bond acceptors (Lipinski definition) is 4. The van der Waals surface area contributed by atoms with Gasteiger partial charge in [-0.15, -0.1) is 0 Å². The average molecular weight is 178 g/mol. The zero-order valence-corrected chi connectivity index (χ0v) is 7.51. The summed E-state index contributed by atoms with van der Waals surface area (Å²) in [5.41, 5.74) is 0. The van der Waals surface area contributed by atoms with Crippen molar-refractivity contribution >= 4 is 0 Å². The maximum absolute atomic E-state index is 9.46. The van der Waals surface area contributed by atoms with Gasteiger partial charge in [0.25, 0.3) is 0 Å². The third-order valence-corrected chi connectivity index (χ3v) is 2.20. The normalized spacial score (nSPS) is 21.5. The Labute approximate surface area is 72.5 Å². The molecule has 0 unspecified atom stereocenters. The number of aliphatic hydroxyl groups excluding tert-OH is 4. The summed E-state index contributed by atoms with van der Waals surface area (Å²) >= 11 is 0. The highest BCUT2D eigenvalue weighted by atomic mass is 16.3. The Morgan fingerprint density at radius 1 is 1.00 bits per heavy atom. The van der Waals surface area contributed by atoms with Crippen LogP contribution in [0.4, 0.5) is 0 Å². The highest BCUT2D eigenvalue weighted by Crippen LogP contribution is 2.15. The molecule has 12 heavy (non-hydrogen) atoms. The highest BCUT2D eigenvalue weighted by Gasteiger charge is 2.25. The molecule has 0 bridgehead atoms. The predicted octanol–water partition coefficient (Wildman–Crippen LogP) is -1.04. The molecule has 0 aromatic carbocycles. The van der Waals surface area contributed by atoms with Gasteiger partial charge >= 0.3 is 0 Å². The second kappa shape index (κ2) is 5.48. The maximum atomic E-state index is 9.46. The fourth-order valence-electron chi connectivity index (χ4n) is 1.02. The molecule has 0 saturated carbocycles. The monoisotopic (exact) mass is 178 g/mol. The van der Waals surface area contributed by atoms with Crippen LogP contribution in [0.3, 0.4) is 0 Å². The number of hydrogen-bond donors (Lipinski definition) is 4. The third-order valence-electron chi connectivity index (χ3n) is 2.20. The van der Waals surface area contributed by atoms with Crippen molar-refractivity contribution in [3.8, 4) is 0 Å². The Kier molecular flexibility index (Phi) is 5.41. The quantitative estimate of drug-likeness (QED) is 0.434. The minimum atomic E-state index is -0.922. The molecule has 0 radical (unpaired) electrons. The molecule has 0 amide bonds. The second-order valence-corrected chi connectivity index (χ2v) is 3.26. The average Bonchev–Trinajstić information content (AvgIpc) is 2.12. The smallest absolute Gasteiger partial charge is 0.0821 e. The first-order valence-corrected chi connectivity index (χ1v) is 4.12. The van der Waals surface area contributed by atoms with Crippen LogP contribution in [0.1, 0.15) is 13.8 Å². The topological polar surface area (TPSA) is 80.9 Å². The van der Waals surface area contributed by atoms with E-state index in [2.05, 4.69) is 0 Å². The van der Waals surface area contributed by atoms with Crippen LogP contribution in [0.5, 0.6) is 0 Å². The minimum absolute atomic E-state index is 0.121.